The van der Waals surface area contributed by atoms with Gasteiger partial charge in [-0.05, 0) is 40.9 Å². The lowest BCUT2D eigenvalue weighted by Crippen LogP contribution is -2.15. The van der Waals surface area contributed by atoms with E-state index in [9.17, 15) is 4.79 Å². The molecule has 0 spiro atoms. The summed E-state index contributed by atoms with van der Waals surface area (Å²) in [6, 6.07) is 5.13. The zero-order chi connectivity index (χ0) is 13.1. The molecule has 94 valence electrons. The molecule has 1 aromatic carbocycles. The van der Waals surface area contributed by atoms with E-state index >= 15 is 0 Å². The van der Waals surface area contributed by atoms with Gasteiger partial charge < -0.3 is 16.8 Å². The number of carbonyl (C=O) groups is 1. The topological polar surface area (TPSA) is 81.1 Å². The molecular formula is C13H15N3OS. The number of thiophene rings is 1. The first-order chi connectivity index (χ1) is 8.59. The SMILES string of the molecule is Cc1cscc1CNc1c(N)cccc1C(N)=O. The van der Waals surface area contributed by atoms with E-state index in [1.54, 1.807) is 29.5 Å². The molecule has 5 N–H and O–H groups in total. The van der Waals surface area contributed by atoms with Crippen LogP contribution in [0.3, 0.4) is 0 Å². The average Bonchev–Trinajstić information content (AvgIpc) is 2.73. The second-order valence-corrected chi connectivity index (χ2v) is 4.81. The quantitative estimate of drug-likeness (QED) is 0.739. The third-order valence-electron chi connectivity index (χ3n) is 2.78. The Bertz CT molecular complexity index is 577. The Morgan fingerprint density at radius 3 is 2.78 bits per heavy atom. The number of aryl methyl sites for hydroxylation is 1. The third kappa shape index (κ3) is 2.46. The second kappa shape index (κ2) is 5.10. The van der Waals surface area contributed by atoms with Crippen LogP contribution >= 0.6 is 11.3 Å². The molecule has 1 heterocycles. The van der Waals surface area contributed by atoms with Gasteiger partial charge in [-0.1, -0.05) is 6.07 Å². The lowest BCUT2D eigenvalue weighted by molar-refractivity contribution is 0.100. The van der Waals surface area contributed by atoms with Crippen LogP contribution in [0, 0.1) is 6.92 Å². The van der Waals surface area contributed by atoms with Gasteiger partial charge in [-0.15, -0.1) is 0 Å². The third-order valence-corrected chi connectivity index (χ3v) is 3.69. The fraction of sp³-hybridized carbons (Fsp3) is 0.154. The minimum Gasteiger partial charge on any atom is -0.397 e. The van der Waals surface area contributed by atoms with Crippen LogP contribution in [0.15, 0.2) is 29.0 Å². The highest BCUT2D eigenvalue weighted by Gasteiger charge is 2.11. The molecule has 2 rings (SSSR count). The number of anilines is 2. The lowest BCUT2D eigenvalue weighted by Gasteiger charge is -2.12. The van der Waals surface area contributed by atoms with Crippen molar-refractivity contribution < 1.29 is 4.79 Å². The van der Waals surface area contributed by atoms with Crippen LogP contribution in [0.5, 0.6) is 0 Å². The number of carbonyl (C=O) groups excluding carboxylic acids is 1. The van der Waals surface area contributed by atoms with Crippen molar-refractivity contribution in [2.45, 2.75) is 13.5 Å². The van der Waals surface area contributed by atoms with Gasteiger partial charge in [-0.25, -0.2) is 0 Å². The number of hydrogen-bond acceptors (Lipinski definition) is 4. The number of nitrogen functional groups attached to an aromatic ring is 1. The van der Waals surface area contributed by atoms with Crippen LogP contribution in [0.25, 0.3) is 0 Å². The summed E-state index contributed by atoms with van der Waals surface area (Å²) < 4.78 is 0. The summed E-state index contributed by atoms with van der Waals surface area (Å²) in [4.78, 5) is 11.3. The van der Waals surface area contributed by atoms with E-state index in [4.69, 9.17) is 11.5 Å². The summed E-state index contributed by atoms with van der Waals surface area (Å²) in [5.41, 5.74) is 15.2. The van der Waals surface area contributed by atoms with E-state index in [0.717, 1.165) is 0 Å². The Hall–Kier alpha value is -2.01. The molecule has 18 heavy (non-hydrogen) atoms. The molecule has 2 aromatic rings. The fourth-order valence-corrected chi connectivity index (χ4v) is 2.58. The van der Waals surface area contributed by atoms with Gasteiger partial charge in [0.15, 0.2) is 0 Å². The summed E-state index contributed by atoms with van der Waals surface area (Å²) >= 11 is 1.65. The van der Waals surface area contributed by atoms with Crippen LogP contribution in [0.4, 0.5) is 11.4 Å². The first-order valence-corrected chi connectivity index (χ1v) is 6.47. The van der Waals surface area contributed by atoms with Crippen molar-refractivity contribution in [3.63, 3.8) is 0 Å². The monoisotopic (exact) mass is 261 g/mol. The number of amides is 1. The Kier molecular flexibility index (Phi) is 3.53. The maximum atomic E-state index is 11.3. The molecule has 1 aromatic heterocycles. The molecule has 0 unspecified atom stereocenters. The first kappa shape index (κ1) is 12.4. The molecule has 0 bridgehead atoms. The molecule has 5 heteroatoms. The van der Waals surface area contributed by atoms with Crippen LogP contribution < -0.4 is 16.8 Å². The number of benzene rings is 1. The number of para-hydroxylation sites is 1. The van der Waals surface area contributed by atoms with E-state index in [0.29, 0.717) is 23.5 Å². The maximum Gasteiger partial charge on any atom is 0.250 e. The van der Waals surface area contributed by atoms with Crippen LogP contribution in [0.1, 0.15) is 21.5 Å². The van der Waals surface area contributed by atoms with Crippen molar-refractivity contribution in [2.24, 2.45) is 5.73 Å². The minimum absolute atomic E-state index is 0.419. The average molecular weight is 261 g/mol. The molecule has 1 amide bonds. The fourth-order valence-electron chi connectivity index (χ4n) is 1.72. The maximum absolute atomic E-state index is 11.3. The second-order valence-electron chi connectivity index (χ2n) is 4.07. The summed E-state index contributed by atoms with van der Waals surface area (Å²) in [5, 5.41) is 7.35. The summed E-state index contributed by atoms with van der Waals surface area (Å²) in [6.07, 6.45) is 0. The smallest absolute Gasteiger partial charge is 0.250 e. The predicted molar refractivity (Wildman–Crippen MR) is 75.8 cm³/mol. The molecule has 0 radical (unpaired) electrons. The van der Waals surface area contributed by atoms with Crippen molar-refractivity contribution in [3.8, 4) is 0 Å². The zero-order valence-corrected chi connectivity index (χ0v) is 10.9. The molecule has 0 atom stereocenters. The Morgan fingerprint density at radius 2 is 2.17 bits per heavy atom. The van der Waals surface area contributed by atoms with Gasteiger partial charge in [0.05, 0.1) is 16.9 Å². The van der Waals surface area contributed by atoms with Gasteiger partial charge in [0.1, 0.15) is 0 Å². The van der Waals surface area contributed by atoms with Crippen molar-refractivity contribution >= 4 is 28.6 Å². The summed E-state index contributed by atoms with van der Waals surface area (Å²) in [5.74, 6) is -0.480. The lowest BCUT2D eigenvalue weighted by atomic mass is 10.1. The van der Waals surface area contributed by atoms with Gasteiger partial charge >= 0.3 is 0 Å². The number of rotatable bonds is 4. The van der Waals surface area contributed by atoms with Gasteiger partial charge in [0, 0.05) is 6.54 Å². The van der Waals surface area contributed by atoms with Crippen LogP contribution in [-0.4, -0.2) is 5.91 Å². The van der Waals surface area contributed by atoms with Crippen molar-refractivity contribution in [2.75, 3.05) is 11.1 Å². The van der Waals surface area contributed by atoms with Gasteiger partial charge in [-0.2, -0.15) is 11.3 Å². The van der Waals surface area contributed by atoms with Gasteiger partial charge in [0.25, 0.3) is 5.91 Å². The van der Waals surface area contributed by atoms with E-state index in [1.807, 2.05) is 0 Å². The van der Waals surface area contributed by atoms with Crippen LogP contribution in [0.2, 0.25) is 0 Å². The highest BCUT2D eigenvalue weighted by atomic mass is 32.1. The Labute approximate surface area is 110 Å². The largest absolute Gasteiger partial charge is 0.397 e. The normalized spacial score (nSPS) is 10.3. The predicted octanol–water partition coefficient (Wildman–Crippen LogP) is 2.35. The molecule has 0 aliphatic heterocycles. The number of primary amides is 1. The molecule has 0 aliphatic rings. The Balaban J connectivity index is 2.24. The molecule has 0 fully saturated rings. The van der Waals surface area contributed by atoms with E-state index in [2.05, 4.69) is 23.0 Å². The molecule has 0 saturated carbocycles. The highest BCUT2D eigenvalue weighted by molar-refractivity contribution is 7.08. The van der Waals surface area contributed by atoms with Gasteiger partial charge in [-0.3, -0.25) is 4.79 Å². The molecular weight excluding hydrogens is 246 g/mol. The molecule has 4 nitrogen and oxygen atoms in total. The van der Waals surface area contributed by atoms with Gasteiger partial charge in [0.2, 0.25) is 0 Å². The zero-order valence-electron chi connectivity index (χ0n) is 10.1. The van der Waals surface area contributed by atoms with Crippen molar-refractivity contribution in [3.05, 3.63) is 45.6 Å². The van der Waals surface area contributed by atoms with E-state index in [-0.39, 0.29) is 0 Å². The number of nitrogens with one attached hydrogen (secondary N) is 1. The van der Waals surface area contributed by atoms with E-state index in [1.165, 1.54) is 11.1 Å². The molecule has 0 aliphatic carbocycles. The molecule has 0 saturated heterocycles. The van der Waals surface area contributed by atoms with Crippen molar-refractivity contribution in [1.82, 2.24) is 0 Å². The highest BCUT2D eigenvalue weighted by Crippen LogP contribution is 2.24. The number of nitrogens with two attached hydrogens (primary N) is 2. The number of hydrogen-bond donors (Lipinski definition) is 3. The van der Waals surface area contributed by atoms with E-state index < -0.39 is 5.91 Å². The summed E-state index contributed by atoms with van der Waals surface area (Å²) in [7, 11) is 0. The Morgan fingerprint density at radius 1 is 1.39 bits per heavy atom. The van der Waals surface area contributed by atoms with Crippen LogP contribution in [-0.2, 0) is 6.54 Å². The first-order valence-electron chi connectivity index (χ1n) is 5.53. The minimum atomic E-state index is -0.480. The standard InChI is InChI=1S/C13H15N3OS/c1-8-6-18-7-9(8)5-16-12-10(13(15)17)3-2-4-11(12)14/h2-4,6-7,16H,5,14H2,1H3,(H2,15,17). The van der Waals surface area contributed by atoms with Crippen molar-refractivity contribution in [1.29, 1.82) is 0 Å². The summed E-state index contributed by atoms with van der Waals surface area (Å²) in [6.45, 7) is 2.68.